The molecule has 2 heterocycles. The highest BCUT2D eigenvalue weighted by molar-refractivity contribution is 5.93. The van der Waals surface area contributed by atoms with Gasteiger partial charge in [-0.1, -0.05) is 30.3 Å². The first-order valence-corrected chi connectivity index (χ1v) is 6.41. The lowest BCUT2D eigenvalue weighted by atomic mass is 10.2. The third kappa shape index (κ3) is 2.16. The molecule has 4 nitrogen and oxygen atoms in total. The Hall–Kier alpha value is -2.62. The van der Waals surface area contributed by atoms with E-state index in [1.165, 1.54) is 0 Å². The van der Waals surface area contributed by atoms with Crippen molar-refractivity contribution >= 4 is 11.6 Å². The molecule has 0 unspecified atom stereocenters. The lowest BCUT2D eigenvalue weighted by Gasteiger charge is -2.09. The summed E-state index contributed by atoms with van der Waals surface area (Å²) in [6.07, 6.45) is 3.76. The zero-order valence-corrected chi connectivity index (χ0v) is 11.4. The number of carbonyl (C=O) groups is 1. The summed E-state index contributed by atoms with van der Waals surface area (Å²) in [7, 11) is 3.49. The zero-order valence-electron chi connectivity index (χ0n) is 11.4. The number of benzene rings is 1. The number of nitrogens with zero attached hydrogens (tertiary/aromatic N) is 3. The monoisotopic (exact) mass is 265 g/mol. The predicted octanol–water partition coefficient (Wildman–Crippen LogP) is 2.70. The van der Waals surface area contributed by atoms with Crippen molar-refractivity contribution in [1.29, 1.82) is 0 Å². The standard InChI is InChI=1S/C16H15N3O/c1-18(2)16(20)13-8-9-15-17-14(11-19(15)10-13)12-6-4-3-5-7-12/h3-11H,1-2H3. The van der Waals surface area contributed by atoms with Crippen LogP contribution in [0.4, 0.5) is 0 Å². The van der Waals surface area contributed by atoms with E-state index in [1.54, 1.807) is 25.1 Å². The van der Waals surface area contributed by atoms with Crippen LogP contribution in [0.5, 0.6) is 0 Å². The van der Waals surface area contributed by atoms with Crippen molar-refractivity contribution in [2.24, 2.45) is 0 Å². The summed E-state index contributed by atoms with van der Waals surface area (Å²) in [6, 6.07) is 13.7. The number of amides is 1. The van der Waals surface area contributed by atoms with Gasteiger partial charge in [0.15, 0.2) is 0 Å². The molecule has 0 aliphatic carbocycles. The van der Waals surface area contributed by atoms with E-state index >= 15 is 0 Å². The Bertz CT molecular complexity index is 760. The summed E-state index contributed by atoms with van der Waals surface area (Å²) in [5.74, 6) is -0.0122. The molecule has 3 aromatic rings. The maximum absolute atomic E-state index is 12.0. The van der Waals surface area contributed by atoms with Crippen LogP contribution in [0, 0.1) is 0 Å². The van der Waals surface area contributed by atoms with Crippen LogP contribution < -0.4 is 0 Å². The van der Waals surface area contributed by atoms with Crippen molar-refractivity contribution in [2.75, 3.05) is 14.1 Å². The smallest absolute Gasteiger partial charge is 0.254 e. The normalized spacial score (nSPS) is 10.7. The number of imidazole rings is 1. The van der Waals surface area contributed by atoms with Crippen molar-refractivity contribution < 1.29 is 4.79 Å². The van der Waals surface area contributed by atoms with Crippen LogP contribution in [0.2, 0.25) is 0 Å². The summed E-state index contributed by atoms with van der Waals surface area (Å²) >= 11 is 0. The first kappa shape index (κ1) is 12.4. The molecule has 0 fully saturated rings. The molecular weight excluding hydrogens is 250 g/mol. The Morgan fingerprint density at radius 3 is 2.50 bits per heavy atom. The number of pyridine rings is 1. The second-order valence-corrected chi connectivity index (χ2v) is 4.87. The van der Waals surface area contributed by atoms with Crippen molar-refractivity contribution in [1.82, 2.24) is 14.3 Å². The van der Waals surface area contributed by atoms with Crippen LogP contribution in [0.15, 0.2) is 54.9 Å². The van der Waals surface area contributed by atoms with Crippen LogP contribution in [-0.4, -0.2) is 34.3 Å². The van der Waals surface area contributed by atoms with Gasteiger partial charge in [-0.25, -0.2) is 4.98 Å². The molecule has 0 radical (unpaired) electrons. The van der Waals surface area contributed by atoms with Crippen LogP contribution in [0.1, 0.15) is 10.4 Å². The van der Waals surface area contributed by atoms with Crippen molar-refractivity contribution in [3.8, 4) is 11.3 Å². The van der Waals surface area contributed by atoms with Gasteiger partial charge in [-0.15, -0.1) is 0 Å². The molecule has 0 bridgehead atoms. The van der Waals surface area contributed by atoms with E-state index in [1.807, 2.05) is 53.2 Å². The molecule has 0 spiro atoms. The fourth-order valence-electron chi connectivity index (χ4n) is 2.12. The second kappa shape index (κ2) is 4.81. The van der Waals surface area contributed by atoms with Crippen molar-refractivity contribution in [3.63, 3.8) is 0 Å². The molecule has 4 heteroatoms. The highest BCUT2D eigenvalue weighted by atomic mass is 16.2. The Morgan fingerprint density at radius 1 is 1.05 bits per heavy atom. The van der Waals surface area contributed by atoms with Gasteiger partial charge >= 0.3 is 0 Å². The molecule has 1 amide bonds. The van der Waals surface area contributed by atoms with Gasteiger partial charge in [0.2, 0.25) is 0 Å². The fourth-order valence-corrected chi connectivity index (χ4v) is 2.12. The lowest BCUT2D eigenvalue weighted by Crippen LogP contribution is -2.21. The first-order valence-electron chi connectivity index (χ1n) is 6.41. The van der Waals surface area contributed by atoms with Crippen LogP contribution in [0.3, 0.4) is 0 Å². The summed E-state index contributed by atoms with van der Waals surface area (Å²) < 4.78 is 1.89. The summed E-state index contributed by atoms with van der Waals surface area (Å²) in [6.45, 7) is 0. The van der Waals surface area contributed by atoms with Gasteiger partial charge in [-0.2, -0.15) is 0 Å². The molecule has 0 N–H and O–H groups in total. The molecule has 100 valence electrons. The minimum atomic E-state index is -0.0122. The highest BCUT2D eigenvalue weighted by Gasteiger charge is 2.10. The van der Waals surface area contributed by atoms with Gasteiger partial charge in [-0.3, -0.25) is 4.79 Å². The van der Waals surface area contributed by atoms with Crippen molar-refractivity contribution in [2.45, 2.75) is 0 Å². The van der Waals surface area contributed by atoms with Crippen LogP contribution in [-0.2, 0) is 0 Å². The Labute approximate surface area is 117 Å². The Morgan fingerprint density at radius 2 is 1.80 bits per heavy atom. The molecule has 0 atom stereocenters. The van der Waals surface area contributed by atoms with E-state index in [0.29, 0.717) is 5.56 Å². The minimum Gasteiger partial charge on any atom is -0.345 e. The number of rotatable bonds is 2. The van der Waals surface area contributed by atoms with Gasteiger partial charge in [0.05, 0.1) is 11.3 Å². The van der Waals surface area contributed by atoms with E-state index in [9.17, 15) is 4.79 Å². The topological polar surface area (TPSA) is 37.6 Å². The second-order valence-electron chi connectivity index (χ2n) is 4.87. The van der Waals surface area contributed by atoms with Crippen LogP contribution in [0.25, 0.3) is 16.9 Å². The van der Waals surface area contributed by atoms with Crippen molar-refractivity contribution in [3.05, 3.63) is 60.4 Å². The number of carbonyl (C=O) groups excluding carboxylic acids is 1. The summed E-state index contributed by atoms with van der Waals surface area (Å²) in [5, 5.41) is 0. The Balaban J connectivity index is 2.06. The number of aromatic nitrogens is 2. The van der Waals surface area contributed by atoms with Crippen LogP contribution >= 0.6 is 0 Å². The maximum atomic E-state index is 12.0. The largest absolute Gasteiger partial charge is 0.345 e. The summed E-state index contributed by atoms with van der Waals surface area (Å²) in [5.41, 5.74) is 3.45. The minimum absolute atomic E-state index is 0.0122. The molecule has 1 aromatic carbocycles. The van der Waals surface area contributed by atoms with Gasteiger partial charge in [0, 0.05) is 32.1 Å². The third-order valence-electron chi connectivity index (χ3n) is 3.17. The molecular formula is C16H15N3O. The first-order chi connectivity index (χ1) is 9.65. The molecule has 3 rings (SSSR count). The Kier molecular flexibility index (Phi) is 2.99. The SMILES string of the molecule is CN(C)C(=O)c1ccc2nc(-c3ccccc3)cn2c1. The summed E-state index contributed by atoms with van der Waals surface area (Å²) in [4.78, 5) is 18.1. The van der Waals surface area contributed by atoms with E-state index < -0.39 is 0 Å². The maximum Gasteiger partial charge on any atom is 0.254 e. The predicted molar refractivity (Wildman–Crippen MR) is 78.6 cm³/mol. The fraction of sp³-hybridized carbons (Fsp3) is 0.125. The number of hydrogen-bond donors (Lipinski definition) is 0. The van der Waals surface area contributed by atoms with E-state index in [2.05, 4.69) is 4.98 Å². The third-order valence-corrected chi connectivity index (χ3v) is 3.17. The molecule has 0 saturated carbocycles. The van der Waals surface area contributed by atoms with E-state index in [4.69, 9.17) is 0 Å². The molecule has 0 aliphatic heterocycles. The number of fused-ring (bicyclic) bond motifs is 1. The highest BCUT2D eigenvalue weighted by Crippen LogP contribution is 2.19. The van der Waals surface area contributed by atoms with E-state index in [0.717, 1.165) is 16.9 Å². The number of hydrogen-bond acceptors (Lipinski definition) is 2. The molecule has 0 aliphatic rings. The van der Waals surface area contributed by atoms with E-state index in [-0.39, 0.29) is 5.91 Å². The van der Waals surface area contributed by atoms with Gasteiger partial charge in [-0.05, 0) is 12.1 Å². The average Bonchev–Trinajstić information content (AvgIpc) is 2.90. The van der Waals surface area contributed by atoms with Gasteiger partial charge in [0.25, 0.3) is 5.91 Å². The lowest BCUT2D eigenvalue weighted by molar-refractivity contribution is 0.0827. The zero-order chi connectivity index (χ0) is 14.1. The molecule has 2 aromatic heterocycles. The average molecular weight is 265 g/mol. The molecule has 0 saturated heterocycles. The van der Waals surface area contributed by atoms with Gasteiger partial charge in [0.1, 0.15) is 5.65 Å². The quantitative estimate of drug-likeness (QED) is 0.714. The molecule has 20 heavy (non-hydrogen) atoms. The van der Waals surface area contributed by atoms with Gasteiger partial charge < -0.3 is 9.30 Å².